The maximum Gasteiger partial charge on any atom is 0.269 e. The van der Waals surface area contributed by atoms with E-state index in [1.54, 1.807) is 0 Å². The number of amides is 1. The third-order valence-electron chi connectivity index (χ3n) is 1.96. The molecule has 0 fully saturated rings. The number of aliphatic hydroxyl groups is 1. The molecule has 0 aliphatic rings. The second-order valence-corrected chi connectivity index (χ2v) is 3.36. The highest BCUT2D eigenvalue weighted by Crippen LogP contribution is 1.99. The van der Waals surface area contributed by atoms with Crippen molar-refractivity contribution in [2.24, 2.45) is 0 Å². The zero-order valence-corrected chi connectivity index (χ0v) is 9.06. The number of ether oxygens (including phenoxy) is 1. The molecule has 1 aromatic heterocycles. The van der Waals surface area contributed by atoms with Gasteiger partial charge in [0.15, 0.2) is 0 Å². The number of nitrogens with one attached hydrogen (secondary N) is 2. The van der Waals surface area contributed by atoms with E-state index in [9.17, 15) is 9.90 Å². The number of carbonyl (C=O) groups is 1. The molecule has 1 rings (SSSR count). The van der Waals surface area contributed by atoms with Crippen molar-refractivity contribution >= 4 is 11.7 Å². The standard InChI is InChI=1S/C9H16N4O3/c1-16-5-6(14)2-3-11-9(15)7-4-8(10)13-12-7/h4,6,14H,2-3,5H2,1H3,(H,11,15)(H3,10,12,13). The van der Waals surface area contributed by atoms with Crippen LogP contribution in [0.1, 0.15) is 16.9 Å². The molecule has 0 radical (unpaired) electrons. The van der Waals surface area contributed by atoms with E-state index in [0.717, 1.165) is 0 Å². The van der Waals surface area contributed by atoms with Crippen LogP contribution in [0.4, 0.5) is 5.82 Å². The summed E-state index contributed by atoms with van der Waals surface area (Å²) in [5, 5.41) is 18.1. The predicted octanol–water partition coefficient (Wildman–Crippen LogP) is -0.881. The molecule has 5 N–H and O–H groups in total. The fraction of sp³-hybridized carbons (Fsp3) is 0.556. The first-order valence-corrected chi connectivity index (χ1v) is 4.89. The molecule has 7 nitrogen and oxygen atoms in total. The lowest BCUT2D eigenvalue weighted by Gasteiger charge is -2.09. The van der Waals surface area contributed by atoms with Gasteiger partial charge in [-0.2, -0.15) is 5.10 Å². The summed E-state index contributed by atoms with van der Waals surface area (Å²) in [6.07, 6.45) is -0.138. The normalized spacial score (nSPS) is 12.4. The molecule has 1 unspecified atom stereocenters. The summed E-state index contributed by atoms with van der Waals surface area (Å²) in [5.74, 6) is -0.0293. The lowest BCUT2D eigenvalue weighted by molar-refractivity contribution is 0.0587. The van der Waals surface area contributed by atoms with E-state index in [2.05, 4.69) is 15.5 Å². The minimum atomic E-state index is -0.572. The van der Waals surface area contributed by atoms with Crippen molar-refractivity contribution in [3.8, 4) is 0 Å². The second-order valence-electron chi connectivity index (χ2n) is 3.36. The van der Waals surface area contributed by atoms with Crippen LogP contribution in [0, 0.1) is 0 Å². The first-order valence-electron chi connectivity index (χ1n) is 4.89. The quantitative estimate of drug-likeness (QED) is 0.505. The Balaban J connectivity index is 2.25. The van der Waals surface area contributed by atoms with Gasteiger partial charge in [0, 0.05) is 19.7 Å². The van der Waals surface area contributed by atoms with E-state index in [4.69, 9.17) is 10.5 Å². The van der Waals surface area contributed by atoms with Crippen molar-refractivity contribution in [1.82, 2.24) is 15.5 Å². The van der Waals surface area contributed by atoms with Crippen LogP contribution in [0.15, 0.2) is 6.07 Å². The molecular formula is C9H16N4O3. The molecule has 0 aliphatic carbocycles. The number of nitrogen functional groups attached to an aromatic ring is 1. The fourth-order valence-electron chi connectivity index (χ4n) is 1.18. The zero-order valence-electron chi connectivity index (χ0n) is 9.06. The van der Waals surface area contributed by atoms with Gasteiger partial charge in [-0.25, -0.2) is 0 Å². The minimum absolute atomic E-state index is 0.257. The third-order valence-corrected chi connectivity index (χ3v) is 1.96. The summed E-state index contributed by atoms with van der Waals surface area (Å²) in [5.41, 5.74) is 5.66. The number of nitrogens with zero attached hydrogens (tertiary/aromatic N) is 1. The van der Waals surface area contributed by atoms with Crippen molar-refractivity contribution in [2.45, 2.75) is 12.5 Å². The molecule has 1 heterocycles. The lowest BCUT2D eigenvalue weighted by Crippen LogP contribution is -2.28. The van der Waals surface area contributed by atoms with E-state index < -0.39 is 6.10 Å². The third kappa shape index (κ3) is 3.87. The topological polar surface area (TPSA) is 113 Å². The average Bonchev–Trinajstić information content (AvgIpc) is 2.65. The maximum absolute atomic E-state index is 11.4. The molecule has 1 aromatic rings. The van der Waals surface area contributed by atoms with Gasteiger partial charge in [0.25, 0.3) is 5.91 Å². The van der Waals surface area contributed by atoms with Gasteiger partial charge in [0.1, 0.15) is 11.5 Å². The zero-order chi connectivity index (χ0) is 12.0. The Morgan fingerprint density at radius 2 is 2.56 bits per heavy atom. The molecule has 16 heavy (non-hydrogen) atoms. The molecule has 0 saturated carbocycles. The molecule has 90 valence electrons. The van der Waals surface area contributed by atoms with Crippen LogP contribution in [0.3, 0.4) is 0 Å². The van der Waals surface area contributed by atoms with E-state index in [0.29, 0.717) is 18.7 Å². The van der Waals surface area contributed by atoms with E-state index >= 15 is 0 Å². The highest BCUT2D eigenvalue weighted by atomic mass is 16.5. The van der Waals surface area contributed by atoms with E-state index in [1.165, 1.54) is 13.2 Å². The van der Waals surface area contributed by atoms with Crippen LogP contribution in [0.25, 0.3) is 0 Å². The SMILES string of the molecule is COCC(O)CCNC(=O)c1cc(N)n[nH]1. The number of carbonyl (C=O) groups excluding carboxylic acids is 1. The highest BCUT2D eigenvalue weighted by Gasteiger charge is 2.09. The number of aromatic nitrogens is 2. The van der Waals surface area contributed by atoms with Gasteiger partial charge < -0.3 is 20.9 Å². The molecule has 1 atom stereocenters. The Hall–Kier alpha value is -1.60. The number of anilines is 1. The minimum Gasteiger partial charge on any atom is -0.391 e. The summed E-state index contributed by atoms with van der Waals surface area (Å²) in [4.78, 5) is 11.4. The highest BCUT2D eigenvalue weighted by molar-refractivity contribution is 5.92. The molecule has 0 spiro atoms. The van der Waals surface area contributed by atoms with Crippen LogP contribution < -0.4 is 11.1 Å². The van der Waals surface area contributed by atoms with Gasteiger partial charge in [-0.3, -0.25) is 9.89 Å². The first-order chi connectivity index (χ1) is 7.63. The summed E-state index contributed by atoms with van der Waals surface area (Å²) in [6, 6.07) is 1.45. The molecule has 0 aliphatic heterocycles. The molecule has 7 heteroatoms. The molecule has 0 saturated heterocycles. The number of rotatable bonds is 6. The summed E-state index contributed by atoms with van der Waals surface area (Å²) in [6.45, 7) is 0.620. The Morgan fingerprint density at radius 1 is 1.81 bits per heavy atom. The average molecular weight is 228 g/mol. The van der Waals surface area contributed by atoms with Crippen LogP contribution in [0.5, 0.6) is 0 Å². The number of nitrogens with two attached hydrogens (primary N) is 1. The van der Waals surface area contributed by atoms with Gasteiger partial charge in [-0.15, -0.1) is 0 Å². The van der Waals surface area contributed by atoms with Crippen molar-refractivity contribution in [3.63, 3.8) is 0 Å². The van der Waals surface area contributed by atoms with Gasteiger partial charge >= 0.3 is 0 Å². The molecule has 0 aromatic carbocycles. The largest absolute Gasteiger partial charge is 0.391 e. The van der Waals surface area contributed by atoms with Gasteiger partial charge in [-0.05, 0) is 6.42 Å². The Bertz CT molecular complexity index is 339. The monoisotopic (exact) mass is 228 g/mol. The smallest absolute Gasteiger partial charge is 0.269 e. The van der Waals surface area contributed by atoms with Crippen LogP contribution in [-0.2, 0) is 4.74 Å². The van der Waals surface area contributed by atoms with Crippen molar-refractivity contribution < 1.29 is 14.6 Å². The molecule has 0 bridgehead atoms. The summed E-state index contributed by atoms with van der Waals surface area (Å²) < 4.78 is 4.75. The predicted molar refractivity (Wildman–Crippen MR) is 57.8 cm³/mol. The lowest BCUT2D eigenvalue weighted by atomic mass is 10.2. The molecular weight excluding hydrogens is 212 g/mol. The van der Waals surface area contributed by atoms with E-state index in [1.807, 2.05) is 0 Å². The Kier molecular flexibility index (Phi) is 4.74. The summed E-state index contributed by atoms with van der Waals surface area (Å²) in [7, 11) is 1.51. The summed E-state index contributed by atoms with van der Waals surface area (Å²) >= 11 is 0. The van der Waals surface area contributed by atoms with Gasteiger partial charge in [-0.1, -0.05) is 0 Å². The number of methoxy groups -OCH3 is 1. The van der Waals surface area contributed by atoms with Crippen LogP contribution >= 0.6 is 0 Å². The molecule has 1 amide bonds. The number of hydrogen-bond donors (Lipinski definition) is 4. The van der Waals surface area contributed by atoms with Gasteiger partial charge in [0.05, 0.1) is 12.7 Å². The Labute approximate surface area is 93.0 Å². The van der Waals surface area contributed by atoms with Crippen molar-refractivity contribution in [1.29, 1.82) is 0 Å². The van der Waals surface area contributed by atoms with Crippen LogP contribution in [-0.4, -0.2) is 47.6 Å². The van der Waals surface area contributed by atoms with Gasteiger partial charge in [0.2, 0.25) is 0 Å². The number of hydrogen-bond acceptors (Lipinski definition) is 5. The van der Waals surface area contributed by atoms with Crippen LogP contribution in [0.2, 0.25) is 0 Å². The second kappa shape index (κ2) is 6.09. The van der Waals surface area contributed by atoms with Crippen molar-refractivity contribution in [3.05, 3.63) is 11.8 Å². The fourth-order valence-corrected chi connectivity index (χ4v) is 1.18. The number of H-pyrrole nitrogens is 1. The van der Waals surface area contributed by atoms with Crippen molar-refractivity contribution in [2.75, 3.05) is 26.0 Å². The number of aliphatic hydroxyl groups excluding tert-OH is 1. The Morgan fingerprint density at radius 3 is 3.12 bits per heavy atom. The number of aromatic amines is 1. The maximum atomic E-state index is 11.4. The first kappa shape index (κ1) is 12.5. The van der Waals surface area contributed by atoms with E-state index in [-0.39, 0.29) is 18.3 Å².